The number of anilines is 1. The van der Waals surface area contributed by atoms with Crippen LogP contribution in [0, 0.1) is 28.4 Å². The summed E-state index contributed by atoms with van der Waals surface area (Å²) in [5.41, 5.74) is 1.22. The average Bonchev–Trinajstić information content (AvgIpc) is 3.21. The van der Waals surface area contributed by atoms with Crippen molar-refractivity contribution >= 4 is 45.9 Å². The zero-order chi connectivity index (χ0) is 20.8. The average molecular weight is 422 g/mol. The lowest BCUT2D eigenvalue weighted by atomic mass is 10.1. The Balaban J connectivity index is 1.87. The predicted molar refractivity (Wildman–Crippen MR) is 113 cm³/mol. The van der Waals surface area contributed by atoms with Crippen LogP contribution in [0.25, 0.3) is 6.08 Å². The molecule has 1 heterocycles. The lowest BCUT2D eigenvalue weighted by Gasteiger charge is -2.05. The van der Waals surface area contributed by atoms with Gasteiger partial charge < -0.3 is 0 Å². The number of nitrogens with one attached hydrogen (secondary N) is 1. The van der Waals surface area contributed by atoms with Gasteiger partial charge in [-0.25, -0.2) is 4.98 Å². The van der Waals surface area contributed by atoms with E-state index in [-0.39, 0.29) is 11.3 Å². The highest BCUT2D eigenvalue weighted by Gasteiger charge is 2.17. The quantitative estimate of drug-likeness (QED) is 0.257. The highest BCUT2D eigenvalue weighted by Crippen LogP contribution is 2.35. The molecule has 0 atom stereocenters. The summed E-state index contributed by atoms with van der Waals surface area (Å²) in [6, 6.07) is 14.1. The lowest BCUT2D eigenvalue weighted by molar-refractivity contribution is -0.387. The molecule has 0 aliphatic heterocycles. The number of thiazole rings is 1. The summed E-state index contributed by atoms with van der Waals surface area (Å²) in [4.78, 5) is 28.6. The summed E-state index contributed by atoms with van der Waals surface area (Å²) in [5.74, 6) is -0.622. The van der Waals surface area contributed by atoms with E-state index in [1.807, 2.05) is 37.3 Å². The molecule has 0 bridgehead atoms. The molecule has 0 saturated carbocycles. The van der Waals surface area contributed by atoms with Crippen molar-refractivity contribution in [2.75, 3.05) is 5.32 Å². The van der Waals surface area contributed by atoms with Gasteiger partial charge in [-0.2, -0.15) is 5.26 Å². The predicted octanol–water partition coefficient (Wildman–Crippen LogP) is 5.06. The molecule has 0 radical (unpaired) electrons. The third-order valence-corrected chi connectivity index (χ3v) is 5.52. The summed E-state index contributed by atoms with van der Waals surface area (Å²) in [6.07, 6.45) is 2.85. The first-order valence-corrected chi connectivity index (χ1v) is 10.0. The van der Waals surface area contributed by atoms with Crippen LogP contribution < -0.4 is 5.32 Å². The lowest BCUT2D eigenvalue weighted by Crippen LogP contribution is -2.13. The molecule has 1 N–H and O–H groups in total. The Bertz CT molecular complexity index is 1120. The number of carbonyl (C=O) groups is 1. The third-order valence-electron chi connectivity index (χ3n) is 3.76. The van der Waals surface area contributed by atoms with Crippen LogP contribution in [0.2, 0.25) is 0 Å². The maximum absolute atomic E-state index is 12.2. The van der Waals surface area contributed by atoms with Gasteiger partial charge in [0, 0.05) is 22.5 Å². The van der Waals surface area contributed by atoms with E-state index in [4.69, 9.17) is 0 Å². The topological polar surface area (TPSA) is 109 Å². The molecule has 0 aliphatic carbocycles. The van der Waals surface area contributed by atoms with Crippen LogP contribution in [0.15, 0.2) is 69.4 Å². The summed E-state index contributed by atoms with van der Waals surface area (Å²) >= 11 is 2.50. The normalized spacial score (nSPS) is 11.0. The molecule has 144 valence electrons. The van der Waals surface area contributed by atoms with E-state index in [2.05, 4.69) is 10.3 Å². The number of aromatic nitrogens is 1. The van der Waals surface area contributed by atoms with Crippen molar-refractivity contribution in [1.82, 2.24) is 4.98 Å². The fraction of sp³-hybridized carbons (Fsp3) is 0.0500. The molecule has 2 aromatic carbocycles. The monoisotopic (exact) mass is 422 g/mol. The molecular formula is C20H14N4O3S2. The second-order valence-electron chi connectivity index (χ2n) is 5.86. The number of rotatable bonds is 6. The van der Waals surface area contributed by atoms with Gasteiger partial charge in [0.25, 0.3) is 11.6 Å². The largest absolute Gasteiger partial charge is 0.297 e. The minimum atomic E-state index is -0.622. The van der Waals surface area contributed by atoms with Crippen molar-refractivity contribution < 1.29 is 9.72 Å². The van der Waals surface area contributed by atoms with Crippen molar-refractivity contribution in [1.29, 1.82) is 5.26 Å². The number of benzene rings is 2. The van der Waals surface area contributed by atoms with E-state index in [0.29, 0.717) is 15.6 Å². The molecule has 29 heavy (non-hydrogen) atoms. The maximum atomic E-state index is 12.2. The van der Waals surface area contributed by atoms with Gasteiger partial charge in [-0.3, -0.25) is 20.2 Å². The number of nitrogens with zero attached hydrogens (tertiary/aromatic N) is 3. The van der Waals surface area contributed by atoms with Gasteiger partial charge in [0.05, 0.1) is 9.82 Å². The van der Waals surface area contributed by atoms with E-state index < -0.39 is 10.8 Å². The fourth-order valence-corrected chi connectivity index (χ4v) is 3.78. The molecule has 3 aromatic rings. The van der Waals surface area contributed by atoms with Gasteiger partial charge >= 0.3 is 0 Å². The molecule has 1 aromatic heterocycles. The van der Waals surface area contributed by atoms with Crippen LogP contribution in [-0.4, -0.2) is 15.8 Å². The molecule has 0 unspecified atom stereocenters. The zero-order valence-electron chi connectivity index (χ0n) is 15.2. The van der Waals surface area contributed by atoms with E-state index >= 15 is 0 Å². The number of amides is 1. The van der Waals surface area contributed by atoms with Crippen LogP contribution in [0.1, 0.15) is 11.1 Å². The fourth-order valence-electron chi connectivity index (χ4n) is 2.35. The van der Waals surface area contributed by atoms with Crippen molar-refractivity contribution in [2.45, 2.75) is 16.7 Å². The minimum absolute atomic E-state index is 0.0954. The van der Waals surface area contributed by atoms with Crippen molar-refractivity contribution in [3.8, 4) is 6.07 Å². The highest BCUT2D eigenvalue weighted by molar-refractivity contribution is 7.99. The van der Waals surface area contributed by atoms with Crippen molar-refractivity contribution in [3.05, 3.63) is 80.9 Å². The first kappa shape index (κ1) is 20.3. The third kappa shape index (κ3) is 5.28. The molecule has 7 nitrogen and oxygen atoms in total. The summed E-state index contributed by atoms with van der Waals surface area (Å²) in [5, 5.41) is 25.4. The Morgan fingerprint density at radius 1 is 1.31 bits per heavy atom. The number of nitro groups is 1. The van der Waals surface area contributed by atoms with E-state index in [1.165, 1.54) is 41.4 Å². The number of nitro benzene ring substituents is 1. The number of nitriles is 1. The number of hydrogen-bond donors (Lipinski definition) is 1. The molecule has 3 rings (SSSR count). The molecule has 0 spiro atoms. The van der Waals surface area contributed by atoms with Crippen LogP contribution in [-0.2, 0) is 4.79 Å². The van der Waals surface area contributed by atoms with Crippen molar-refractivity contribution in [3.63, 3.8) is 0 Å². The molecule has 9 heteroatoms. The van der Waals surface area contributed by atoms with Gasteiger partial charge in [0.15, 0.2) is 5.13 Å². The minimum Gasteiger partial charge on any atom is -0.297 e. The second kappa shape index (κ2) is 9.14. The standard InChI is InChI=1S/C20H14N4O3S2/c1-13-2-5-16(6-3-13)29-18-7-4-14(11-17(18)24(26)27)10-15(12-21)19(25)23-20-22-8-9-28-20/h2-11H,1H3,(H,22,23,25). The van der Waals surface area contributed by atoms with Crippen molar-refractivity contribution in [2.24, 2.45) is 0 Å². The highest BCUT2D eigenvalue weighted by atomic mass is 32.2. The van der Waals surface area contributed by atoms with Gasteiger partial charge in [0.2, 0.25) is 0 Å². The molecule has 0 saturated heterocycles. The summed E-state index contributed by atoms with van der Waals surface area (Å²) in [7, 11) is 0. The smallest absolute Gasteiger partial charge is 0.283 e. The first-order valence-electron chi connectivity index (χ1n) is 8.32. The second-order valence-corrected chi connectivity index (χ2v) is 7.87. The summed E-state index contributed by atoms with van der Waals surface area (Å²) in [6.45, 7) is 1.97. The van der Waals surface area contributed by atoms with E-state index in [9.17, 15) is 20.2 Å². The molecule has 1 amide bonds. The number of aryl methyl sites for hydroxylation is 1. The van der Waals surface area contributed by atoms with E-state index in [0.717, 1.165) is 10.5 Å². The Kier molecular flexibility index (Phi) is 6.39. The first-order chi connectivity index (χ1) is 14.0. The Hall–Kier alpha value is -3.48. The van der Waals surface area contributed by atoms with Gasteiger partial charge in [-0.1, -0.05) is 35.5 Å². The molecule has 0 aliphatic rings. The van der Waals surface area contributed by atoms with E-state index in [1.54, 1.807) is 17.5 Å². The van der Waals surface area contributed by atoms with Gasteiger partial charge in [-0.15, -0.1) is 11.3 Å². The van der Waals surface area contributed by atoms with Crippen LogP contribution in [0.5, 0.6) is 0 Å². The number of carbonyl (C=O) groups excluding carboxylic acids is 1. The number of hydrogen-bond acceptors (Lipinski definition) is 7. The Morgan fingerprint density at radius 3 is 2.69 bits per heavy atom. The van der Waals surface area contributed by atoms with Gasteiger partial charge in [-0.05, 0) is 36.8 Å². The molecular weight excluding hydrogens is 408 g/mol. The molecule has 0 fully saturated rings. The van der Waals surface area contributed by atoms with Crippen LogP contribution in [0.3, 0.4) is 0 Å². The zero-order valence-corrected chi connectivity index (χ0v) is 16.8. The van der Waals surface area contributed by atoms with Gasteiger partial charge in [0.1, 0.15) is 11.6 Å². The maximum Gasteiger partial charge on any atom is 0.283 e. The van der Waals surface area contributed by atoms with Crippen LogP contribution >= 0.6 is 23.1 Å². The Morgan fingerprint density at radius 2 is 2.07 bits per heavy atom. The summed E-state index contributed by atoms with van der Waals surface area (Å²) < 4.78 is 0. The SMILES string of the molecule is Cc1ccc(Sc2ccc(C=C(C#N)C(=O)Nc3nccs3)cc2[N+](=O)[O-])cc1. The Labute approximate surface area is 174 Å². The van der Waals surface area contributed by atoms with Crippen LogP contribution in [0.4, 0.5) is 10.8 Å².